The van der Waals surface area contributed by atoms with E-state index in [0.29, 0.717) is 5.69 Å². The first kappa shape index (κ1) is 13.1. The van der Waals surface area contributed by atoms with Gasteiger partial charge < -0.3 is 5.32 Å². The van der Waals surface area contributed by atoms with Crippen molar-refractivity contribution in [1.29, 1.82) is 0 Å². The Labute approximate surface area is 117 Å². The maximum Gasteiger partial charge on any atom is 0.250 e. The summed E-state index contributed by atoms with van der Waals surface area (Å²) in [5.41, 5.74) is 1.19. The van der Waals surface area contributed by atoms with Gasteiger partial charge >= 0.3 is 0 Å². The van der Waals surface area contributed by atoms with Crippen molar-refractivity contribution in [1.82, 2.24) is 5.32 Å². The predicted octanol–water partition coefficient (Wildman–Crippen LogP) is 1.76. The minimum absolute atomic E-state index is 0.135. The van der Waals surface area contributed by atoms with Crippen LogP contribution in [-0.2, 0) is 9.59 Å². The van der Waals surface area contributed by atoms with E-state index >= 15 is 0 Å². The first-order valence-electron chi connectivity index (χ1n) is 6.88. The molecule has 20 heavy (non-hydrogen) atoms. The van der Waals surface area contributed by atoms with Gasteiger partial charge in [-0.1, -0.05) is 0 Å². The number of hydrogen-bond donors (Lipinski definition) is 1. The van der Waals surface area contributed by atoms with Crippen LogP contribution in [0.3, 0.4) is 0 Å². The minimum Gasteiger partial charge on any atom is -0.342 e. The van der Waals surface area contributed by atoms with Crippen LogP contribution in [-0.4, -0.2) is 23.9 Å². The zero-order valence-corrected chi connectivity index (χ0v) is 11.5. The summed E-state index contributed by atoms with van der Waals surface area (Å²) in [5.74, 6) is -0.474. The highest BCUT2D eigenvalue weighted by Crippen LogP contribution is 2.36. The molecule has 5 heteroatoms. The topological polar surface area (TPSA) is 49.4 Å². The van der Waals surface area contributed by atoms with Crippen LogP contribution in [0.25, 0.3) is 0 Å². The lowest BCUT2D eigenvalue weighted by Gasteiger charge is -2.37. The first-order valence-corrected chi connectivity index (χ1v) is 6.88. The molecule has 2 fully saturated rings. The van der Waals surface area contributed by atoms with E-state index in [0.717, 1.165) is 18.4 Å². The van der Waals surface area contributed by atoms with Crippen molar-refractivity contribution in [2.75, 3.05) is 4.90 Å². The molecule has 2 unspecified atom stereocenters. The fraction of sp³-hybridized carbons (Fsp3) is 0.467. The summed E-state index contributed by atoms with van der Waals surface area (Å²) < 4.78 is 13.6. The number of piperazine rings is 1. The van der Waals surface area contributed by atoms with E-state index in [4.69, 9.17) is 0 Å². The quantitative estimate of drug-likeness (QED) is 0.895. The lowest BCUT2D eigenvalue weighted by atomic mass is 10.0. The third-order valence-corrected chi connectivity index (χ3v) is 3.97. The summed E-state index contributed by atoms with van der Waals surface area (Å²) in [5, 5.41) is 2.78. The Bertz CT molecular complexity index is 563. The van der Waals surface area contributed by atoms with Crippen LogP contribution in [0.15, 0.2) is 18.2 Å². The van der Waals surface area contributed by atoms with E-state index in [1.807, 2.05) is 0 Å². The van der Waals surface area contributed by atoms with Gasteiger partial charge in [0.15, 0.2) is 0 Å². The van der Waals surface area contributed by atoms with Crippen molar-refractivity contribution in [2.24, 2.45) is 5.92 Å². The number of hydrogen-bond acceptors (Lipinski definition) is 2. The van der Waals surface area contributed by atoms with Crippen molar-refractivity contribution in [3.8, 4) is 0 Å². The summed E-state index contributed by atoms with van der Waals surface area (Å²) in [7, 11) is 0. The highest BCUT2D eigenvalue weighted by atomic mass is 19.1. The van der Waals surface area contributed by atoms with Crippen LogP contribution in [0.1, 0.15) is 25.3 Å². The molecule has 0 bridgehead atoms. The summed E-state index contributed by atoms with van der Waals surface area (Å²) in [6, 6.07) is 3.38. The number of rotatable bonds is 2. The number of benzene rings is 1. The van der Waals surface area contributed by atoms with Gasteiger partial charge in [0.2, 0.25) is 5.91 Å². The molecular formula is C15H17FN2O2. The largest absolute Gasteiger partial charge is 0.342 e. The first-order chi connectivity index (χ1) is 9.47. The molecule has 3 rings (SSSR count). The van der Waals surface area contributed by atoms with Crippen molar-refractivity contribution in [3.63, 3.8) is 0 Å². The highest BCUT2D eigenvalue weighted by molar-refractivity contribution is 6.08. The molecule has 1 N–H and O–H groups in total. The fourth-order valence-electron chi connectivity index (χ4n) is 2.75. The summed E-state index contributed by atoms with van der Waals surface area (Å²) in [6.07, 6.45) is 1.92. The molecule has 2 aliphatic rings. The van der Waals surface area contributed by atoms with E-state index in [2.05, 4.69) is 5.32 Å². The SMILES string of the molecule is Cc1cc(F)cc(N2C(=O)C(C3CC3)NC(=O)C2C)c1. The van der Waals surface area contributed by atoms with E-state index in [1.54, 1.807) is 19.9 Å². The number of aryl methyl sites for hydroxylation is 1. The summed E-state index contributed by atoms with van der Waals surface area (Å²) in [4.78, 5) is 26.0. The van der Waals surface area contributed by atoms with Gasteiger partial charge in [0.05, 0.1) is 0 Å². The highest BCUT2D eigenvalue weighted by Gasteiger charge is 2.46. The third-order valence-electron chi connectivity index (χ3n) is 3.97. The number of nitrogens with one attached hydrogen (secondary N) is 1. The standard InChI is InChI=1S/C15H17FN2O2/c1-8-5-11(16)7-12(6-8)18-9(2)14(19)17-13(15(18)20)10-3-4-10/h5-7,9-10,13H,3-4H2,1-2H3,(H,17,19). The number of carbonyl (C=O) groups is 2. The minimum atomic E-state index is -0.612. The molecule has 1 saturated carbocycles. The molecule has 106 valence electrons. The molecule has 1 aliphatic carbocycles. The van der Waals surface area contributed by atoms with E-state index in [-0.39, 0.29) is 17.7 Å². The second-order valence-corrected chi connectivity index (χ2v) is 5.69. The van der Waals surface area contributed by atoms with Crippen LogP contribution >= 0.6 is 0 Å². The van der Waals surface area contributed by atoms with Gasteiger partial charge in [0.25, 0.3) is 5.91 Å². The Hall–Kier alpha value is -1.91. The van der Waals surface area contributed by atoms with Crippen molar-refractivity contribution in [3.05, 3.63) is 29.6 Å². The number of nitrogens with zero attached hydrogens (tertiary/aromatic N) is 1. The smallest absolute Gasteiger partial charge is 0.250 e. The zero-order valence-electron chi connectivity index (χ0n) is 11.5. The Balaban J connectivity index is 1.99. The van der Waals surface area contributed by atoms with Crippen molar-refractivity contribution in [2.45, 2.75) is 38.8 Å². The molecule has 2 atom stereocenters. The average molecular weight is 276 g/mol. The van der Waals surface area contributed by atoms with Gasteiger partial charge in [0.1, 0.15) is 17.9 Å². The van der Waals surface area contributed by atoms with Gasteiger partial charge in [-0.2, -0.15) is 0 Å². The molecule has 1 aromatic carbocycles. The van der Waals surface area contributed by atoms with Crippen molar-refractivity contribution < 1.29 is 14.0 Å². The van der Waals surface area contributed by atoms with Gasteiger partial charge in [-0.05, 0) is 56.4 Å². The molecule has 0 spiro atoms. The van der Waals surface area contributed by atoms with Gasteiger partial charge in [-0.15, -0.1) is 0 Å². The second-order valence-electron chi connectivity index (χ2n) is 5.69. The van der Waals surface area contributed by atoms with Gasteiger partial charge in [0, 0.05) is 5.69 Å². The Morgan fingerprint density at radius 2 is 1.95 bits per heavy atom. The number of halogens is 1. The maximum absolute atomic E-state index is 13.6. The van der Waals surface area contributed by atoms with E-state index in [9.17, 15) is 14.0 Å². The monoisotopic (exact) mass is 276 g/mol. The molecule has 1 aliphatic heterocycles. The molecular weight excluding hydrogens is 259 g/mol. The molecule has 1 heterocycles. The molecule has 0 aromatic heterocycles. The average Bonchev–Trinajstić information content (AvgIpc) is 3.17. The van der Waals surface area contributed by atoms with E-state index < -0.39 is 17.9 Å². The molecule has 2 amide bonds. The number of anilines is 1. The summed E-state index contributed by atoms with van der Waals surface area (Å²) >= 11 is 0. The Kier molecular flexibility index (Phi) is 3.00. The zero-order chi connectivity index (χ0) is 14.4. The molecule has 0 radical (unpaired) electrons. The Morgan fingerprint density at radius 1 is 1.25 bits per heavy atom. The third kappa shape index (κ3) is 2.17. The lowest BCUT2D eigenvalue weighted by Crippen LogP contribution is -2.63. The van der Waals surface area contributed by atoms with Crippen LogP contribution in [0, 0.1) is 18.7 Å². The maximum atomic E-state index is 13.6. The van der Waals surface area contributed by atoms with Crippen molar-refractivity contribution >= 4 is 17.5 Å². The predicted molar refractivity (Wildman–Crippen MR) is 72.7 cm³/mol. The van der Waals surface area contributed by atoms with Crippen LogP contribution in [0.5, 0.6) is 0 Å². The molecule has 4 nitrogen and oxygen atoms in total. The number of carbonyl (C=O) groups excluding carboxylic acids is 2. The van der Waals surface area contributed by atoms with Crippen LogP contribution in [0.2, 0.25) is 0 Å². The number of amides is 2. The van der Waals surface area contributed by atoms with Crippen LogP contribution < -0.4 is 10.2 Å². The lowest BCUT2D eigenvalue weighted by molar-refractivity contribution is -0.134. The normalized spacial score (nSPS) is 26.6. The fourth-order valence-corrected chi connectivity index (χ4v) is 2.75. The molecule has 1 saturated heterocycles. The molecule has 1 aromatic rings. The summed E-state index contributed by atoms with van der Waals surface area (Å²) in [6.45, 7) is 3.43. The van der Waals surface area contributed by atoms with Crippen LogP contribution in [0.4, 0.5) is 10.1 Å². The van der Waals surface area contributed by atoms with E-state index in [1.165, 1.54) is 17.0 Å². The Morgan fingerprint density at radius 3 is 2.55 bits per heavy atom. The second kappa shape index (κ2) is 4.58. The van der Waals surface area contributed by atoms with Gasteiger partial charge in [-0.3, -0.25) is 14.5 Å². The van der Waals surface area contributed by atoms with Gasteiger partial charge in [-0.25, -0.2) is 4.39 Å².